The number of morpholine rings is 1. The van der Waals surface area contributed by atoms with E-state index in [-0.39, 0.29) is 12.6 Å². The molecule has 9 heteroatoms. The molecular formula is C21H25F2N3O3S. The van der Waals surface area contributed by atoms with Gasteiger partial charge in [0.1, 0.15) is 16.5 Å². The summed E-state index contributed by atoms with van der Waals surface area (Å²) in [7, 11) is -2.08. The molecule has 162 valence electrons. The third-order valence-electron chi connectivity index (χ3n) is 5.75. The first-order valence-electron chi connectivity index (χ1n) is 9.95. The summed E-state index contributed by atoms with van der Waals surface area (Å²) in [6.07, 6.45) is 0.946. The molecule has 1 unspecified atom stereocenters. The first-order chi connectivity index (χ1) is 14.3. The van der Waals surface area contributed by atoms with E-state index in [1.807, 2.05) is 6.07 Å². The first kappa shape index (κ1) is 21.2. The number of nitrogens with zero attached hydrogens (tertiary/aromatic N) is 2. The number of fused-ring (bicyclic) bond motifs is 1. The number of rotatable bonds is 6. The van der Waals surface area contributed by atoms with E-state index in [1.165, 1.54) is 11.3 Å². The number of ether oxygens (including phenoxy) is 1. The number of nitrogens with one attached hydrogen (secondary N) is 1. The van der Waals surface area contributed by atoms with Gasteiger partial charge in [-0.15, -0.1) is 0 Å². The fraction of sp³-hybridized carbons (Fsp3) is 0.429. The Balaban J connectivity index is 1.59. The highest BCUT2D eigenvalue weighted by atomic mass is 32.2. The standard InChI is InChI=1S/C21H25F2N3O3S/c1-25-7-6-16-12-15(2-4-19(16)25)20(26-8-10-29-11-9-26)14-24-30(27,28)21-5-3-17(22)13-18(21)23/h2-5,12-13,20,24H,6-11,14H2,1H3. The van der Waals surface area contributed by atoms with Gasteiger partial charge in [0.25, 0.3) is 0 Å². The molecule has 2 aromatic rings. The number of halogens is 2. The van der Waals surface area contributed by atoms with E-state index in [4.69, 9.17) is 4.74 Å². The van der Waals surface area contributed by atoms with Gasteiger partial charge < -0.3 is 9.64 Å². The van der Waals surface area contributed by atoms with Gasteiger partial charge in [-0.1, -0.05) is 12.1 Å². The fourth-order valence-electron chi connectivity index (χ4n) is 4.10. The molecule has 6 nitrogen and oxygen atoms in total. The average Bonchev–Trinajstić information content (AvgIpc) is 3.09. The smallest absolute Gasteiger partial charge is 0.243 e. The van der Waals surface area contributed by atoms with Gasteiger partial charge in [0.15, 0.2) is 0 Å². The summed E-state index contributed by atoms with van der Waals surface area (Å²) < 4.78 is 60.6. The van der Waals surface area contributed by atoms with Crippen LogP contribution in [0.15, 0.2) is 41.3 Å². The van der Waals surface area contributed by atoms with Gasteiger partial charge >= 0.3 is 0 Å². The molecule has 2 aromatic carbocycles. The number of likely N-dealkylation sites (N-methyl/N-ethyl adjacent to an activating group) is 1. The van der Waals surface area contributed by atoms with Crippen LogP contribution < -0.4 is 9.62 Å². The van der Waals surface area contributed by atoms with Gasteiger partial charge in [0, 0.05) is 51.0 Å². The number of sulfonamides is 1. The Bertz CT molecular complexity index is 1030. The van der Waals surface area contributed by atoms with E-state index >= 15 is 0 Å². The van der Waals surface area contributed by atoms with E-state index in [0.29, 0.717) is 32.4 Å². The van der Waals surface area contributed by atoms with Crippen LogP contribution in [0.2, 0.25) is 0 Å². The predicted molar refractivity (Wildman–Crippen MR) is 110 cm³/mol. The van der Waals surface area contributed by atoms with E-state index < -0.39 is 26.6 Å². The Morgan fingerprint density at radius 2 is 1.87 bits per heavy atom. The van der Waals surface area contributed by atoms with Gasteiger partial charge in [-0.3, -0.25) is 4.90 Å². The van der Waals surface area contributed by atoms with Crippen LogP contribution in [0.1, 0.15) is 17.2 Å². The highest BCUT2D eigenvalue weighted by Crippen LogP contribution is 2.31. The lowest BCUT2D eigenvalue weighted by Crippen LogP contribution is -2.43. The maximum Gasteiger partial charge on any atom is 0.243 e. The number of anilines is 1. The maximum absolute atomic E-state index is 14.0. The quantitative estimate of drug-likeness (QED) is 0.752. The molecule has 2 heterocycles. The minimum Gasteiger partial charge on any atom is -0.379 e. The molecule has 0 amide bonds. The molecule has 0 spiro atoms. The van der Waals surface area contributed by atoms with Crippen LogP contribution in [0, 0.1) is 11.6 Å². The van der Waals surface area contributed by atoms with Crippen LogP contribution in [0.25, 0.3) is 0 Å². The summed E-state index contributed by atoms with van der Waals surface area (Å²) in [4.78, 5) is 3.82. The molecule has 1 saturated heterocycles. The zero-order valence-corrected chi connectivity index (χ0v) is 17.6. The van der Waals surface area contributed by atoms with Gasteiger partial charge in [0.05, 0.1) is 13.2 Å². The molecule has 0 saturated carbocycles. The second-order valence-corrected chi connectivity index (χ2v) is 9.39. The van der Waals surface area contributed by atoms with Crippen molar-refractivity contribution in [1.82, 2.24) is 9.62 Å². The van der Waals surface area contributed by atoms with Gasteiger partial charge in [-0.25, -0.2) is 21.9 Å². The minimum absolute atomic E-state index is 0.0772. The minimum atomic E-state index is -4.13. The predicted octanol–water partition coefficient (Wildman–Crippen LogP) is 2.31. The SMILES string of the molecule is CN1CCc2cc(C(CNS(=O)(=O)c3ccc(F)cc3F)N3CCOCC3)ccc21. The third kappa shape index (κ3) is 4.34. The number of hydrogen-bond acceptors (Lipinski definition) is 5. The molecule has 4 rings (SSSR count). The molecule has 0 aromatic heterocycles. The molecule has 1 atom stereocenters. The molecule has 2 aliphatic rings. The summed E-state index contributed by atoms with van der Waals surface area (Å²) in [6.45, 7) is 3.53. The topological polar surface area (TPSA) is 61.9 Å². The van der Waals surface area contributed by atoms with Crippen LogP contribution in [-0.2, 0) is 21.2 Å². The largest absolute Gasteiger partial charge is 0.379 e. The summed E-state index contributed by atoms with van der Waals surface area (Å²) in [6, 6.07) is 8.46. The second kappa shape index (κ2) is 8.58. The average molecular weight is 438 g/mol. The molecule has 0 bridgehead atoms. The first-order valence-corrected chi connectivity index (χ1v) is 11.4. The van der Waals surface area contributed by atoms with Crippen molar-refractivity contribution >= 4 is 15.7 Å². The van der Waals surface area contributed by atoms with Crippen LogP contribution in [-0.4, -0.2) is 59.8 Å². The Morgan fingerprint density at radius 3 is 2.60 bits per heavy atom. The van der Waals surface area contributed by atoms with Gasteiger partial charge in [-0.05, 0) is 35.7 Å². The van der Waals surface area contributed by atoms with Crippen molar-refractivity contribution in [2.45, 2.75) is 17.4 Å². The molecule has 0 radical (unpaired) electrons. The van der Waals surface area contributed by atoms with Crippen LogP contribution in [0.5, 0.6) is 0 Å². The number of benzene rings is 2. The fourth-order valence-corrected chi connectivity index (χ4v) is 5.20. The highest BCUT2D eigenvalue weighted by molar-refractivity contribution is 7.89. The monoisotopic (exact) mass is 437 g/mol. The van der Waals surface area contributed by atoms with Crippen molar-refractivity contribution in [3.8, 4) is 0 Å². The van der Waals surface area contributed by atoms with E-state index in [2.05, 4.69) is 33.7 Å². The summed E-state index contributed by atoms with van der Waals surface area (Å²) in [5.41, 5.74) is 3.43. The van der Waals surface area contributed by atoms with E-state index in [0.717, 1.165) is 30.7 Å². The lowest BCUT2D eigenvalue weighted by atomic mass is 10.0. The summed E-state index contributed by atoms with van der Waals surface area (Å²) in [5, 5.41) is 0. The van der Waals surface area contributed by atoms with Gasteiger partial charge in [-0.2, -0.15) is 0 Å². The Kier molecular flexibility index (Phi) is 6.06. The lowest BCUT2D eigenvalue weighted by molar-refractivity contribution is 0.0172. The second-order valence-electron chi connectivity index (χ2n) is 7.65. The Hall–Kier alpha value is -2.07. The Morgan fingerprint density at radius 1 is 1.10 bits per heavy atom. The van der Waals surface area contributed by atoms with Crippen molar-refractivity contribution in [3.63, 3.8) is 0 Å². The van der Waals surface area contributed by atoms with Crippen molar-refractivity contribution in [2.24, 2.45) is 0 Å². The lowest BCUT2D eigenvalue weighted by Gasteiger charge is -2.35. The maximum atomic E-state index is 14.0. The molecular weight excluding hydrogens is 412 g/mol. The molecule has 2 aliphatic heterocycles. The van der Waals surface area contributed by atoms with Crippen LogP contribution in [0.3, 0.4) is 0 Å². The van der Waals surface area contributed by atoms with Gasteiger partial charge in [0.2, 0.25) is 10.0 Å². The van der Waals surface area contributed by atoms with E-state index in [1.54, 1.807) is 0 Å². The third-order valence-corrected chi connectivity index (χ3v) is 7.21. The molecule has 1 fully saturated rings. The summed E-state index contributed by atoms with van der Waals surface area (Å²) in [5.74, 6) is -1.92. The van der Waals surface area contributed by atoms with Crippen molar-refractivity contribution in [2.75, 3.05) is 51.3 Å². The number of hydrogen-bond donors (Lipinski definition) is 1. The van der Waals surface area contributed by atoms with Crippen molar-refractivity contribution in [3.05, 3.63) is 59.2 Å². The molecule has 30 heavy (non-hydrogen) atoms. The van der Waals surface area contributed by atoms with E-state index in [9.17, 15) is 17.2 Å². The molecule has 1 N–H and O–H groups in total. The van der Waals surface area contributed by atoms with Crippen LogP contribution in [0.4, 0.5) is 14.5 Å². The molecule has 0 aliphatic carbocycles. The zero-order chi connectivity index (χ0) is 21.3. The van der Waals surface area contributed by atoms with Crippen molar-refractivity contribution in [1.29, 1.82) is 0 Å². The Labute approximate surface area is 175 Å². The summed E-state index contributed by atoms with van der Waals surface area (Å²) >= 11 is 0. The van der Waals surface area contributed by atoms with Crippen molar-refractivity contribution < 1.29 is 21.9 Å². The normalized spacial score (nSPS) is 18.4. The highest BCUT2D eigenvalue weighted by Gasteiger charge is 2.28. The van der Waals surface area contributed by atoms with Crippen LogP contribution >= 0.6 is 0 Å². The zero-order valence-electron chi connectivity index (χ0n) is 16.8.